The van der Waals surface area contributed by atoms with Gasteiger partial charge >= 0.3 is 0 Å². The van der Waals surface area contributed by atoms with Crippen molar-refractivity contribution >= 4 is 39.5 Å². The molecule has 2 bridgehead atoms. The fourth-order valence-electron chi connectivity index (χ4n) is 5.96. The highest BCUT2D eigenvalue weighted by atomic mass is 19.1. The molecule has 6 rings (SSSR count). The molecule has 2 fully saturated rings. The number of aryl methyl sites for hydroxylation is 1. The average Bonchev–Trinajstić information content (AvgIpc) is 3.67. The number of nitrogens with one attached hydrogen (secondary N) is 3. The summed E-state index contributed by atoms with van der Waals surface area (Å²) in [6.45, 7) is 8.61. The maximum atomic E-state index is 14.1. The standard InChI is InChI=1S/C30H32FN5O3/c1-16-8-9-17-11-24(32-22(17)10-16)28(38)35-14-20-13-19(35)15-36(20)29(39)26(30(2,3)4)34-27(37)23-12-18-6-5-7-21(31)25(18)33-23/h5-12,19-20,26,32-33H,13-15H2,1-4H3,(H,34,37)/t19-,20-,26+/m0/s1. The number of para-hydroxylation sites is 1. The average molecular weight is 530 g/mol. The first-order valence-electron chi connectivity index (χ1n) is 13.3. The number of piperazine rings is 1. The van der Waals surface area contributed by atoms with Crippen LogP contribution < -0.4 is 5.32 Å². The van der Waals surface area contributed by atoms with Crippen LogP contribution >= 0.6 is 0 Å². The highest BCUT2D eigenvalue weighted by Gasteiger charge is 2.50. The maximum Gasteiger partial charge on any atom is 0.270 e. The van der Waals surface area contributed by atoms with E-state index in [4.69, 9.17) is 0 Å². The molecule has 2 aliphatic rings. The minimum absolute atomic E-state index is 0.0600. The molecule has 0 saturated carbocycles. The number of fused-ring (bicyclic) bond motifs is 4. The van der Waals surface area contributed by atoms with Gasteiger partial charge in [0.15, 0.2) is 0 Å². The largest absolute Gasteiger partial charge is 0.351 e. The third-order valence-corrected chi connectivity index (χ3v) is 8.03. The summed E-state index contributed by atoms with van der Waals surface area (Å²) < 4.78 is 14.1. The second-order valence-corrected chi connectivity index (χ2v) is 11.9. The molecule has 3 amide bonds. The molecule has 2 saturated heterocycles. The topological polar surface area (TPSA) is 101 Å². The smallest absolute Gasteiger partial charge is 0.270 e. The first-order chi connectivity index (χ1) is 18.5. The van der Waals surface area contributed by atoms with Gasteiger partial charge in [-0.25, -0.2) is 4.39 Å². The predicted molar refractivity (Wildman–Crippen MR) is 147 cm³/mol. The predicted octanol–water partition coefficient (Wildman–Crippen LogP) is 4.37. The van der Waals surface area contributed by atoms with Crippen LogP contribution in [0.25, 0.3) is 21.8 Å². The van der Waals surface area contributed by atoms with E-state index in [0.717, 1.165) is 16.5 Å². The first kappa shape index (κ1) is 25.2. The number of likely N-dealkylation sites (tertiary alicyclic amines) is 2. The molecule has 9 heteroatoms. The van der Waals surface area contributed by atoms with E-state index in [2.05, 4.69) is 15.3 Å². The number of carbonyl (C=O) groups excluding carboxylic acids is 3. The Hall–Kier alpha value is -4.14. The molecule has 4 heterocycles. The van der Waals surface area contributed by atoms with Crippen LogP contribution in [0, 0.1) is 18.2 Å². The van der Waals surface area contributed by atoms with E-state index in [9.17, 15) is 18.8 Å². The zero-order chi connectivity index (χ0) is 27.6. The Morgan fingerprint density at radius 3 is 2.36 bits per heavy atom. The van der Waals surface area contributed by atoms with Crippen molar-refractivity contribution in [3.05, 3.63) is 71.3 Å². The normalized spacial score (nSPS) is 19.7. The Labute approximate surface area is 225 Å². The summed E-state index contributed by atoms with van der Waals surface area (Å²) in [5, 5.41) is 4.48. The molecular weight excluding hydrogens is 497 g/mol. The Morgan fingerprint density at radius 2 is 1.67 bits per heavy atom. The SMILES string of the molecule is Cc1ccc2cc(C(=O)N3C[C@@H]4C[C@H]3CN4C(=O)[C@@H](NC(=O)c3cc4cccc(F)c4[nH]3)C(C)(C)C)[nH]c2c1. The van der Waals surface area contributed by atoms with Gasteiger partial charge in [-0.2, -0.15) is 0 Å². The van der Waals surface area contributed by atoms with Crippen molar-refractivity contribution < 1.29 is 18.8 Å². The lowest BCUT2D eigenvalue weighted by molar-refractivity contribution is -0.138. The number of H-pyrrole nitrogens is 2. The monoisotopic (exact) mass is 529 g/mol. The third kappa shape index (κ3) is 4.35. The van der Waals surface area contributed by atoms with Crippen LogP contribution in [0.2, 0.25) is 0 Å². The molecule has 2 aromatic heterocycles. The number of hydrogen-bond acceptors (Lipinski definition) is 3. The number of rotatable bonds is 4. The van der Waals surface area contributed by atoms with Gasteiger partial charge in [-0.15, -0.1) is 0 Å². The summed E-state index contributed by atoms with van der Waals surface area (Å²) in [7, 11) is 0. The molecule has 8 nitrogen and oxygen atoms in total. The minimum atomic E-state index is -0.790. The van der Waals surface area contributed by atoms with Crippen LogP contribution in [0.15, 0.2) is 48.5 Å². The fraction of sp³-hybridized carbons (Fsp3) is 0.367. The molecule has 0 spiro atoms. The van der Waals surface area contributed by atoms with Gasteiger partial charge in [0.25, 0.3) is 11.8 Å². The number of halogens is 1. The fourth-order valence-corrected chi connectivity index (χ4v) is 5.96. The maximum absolute atomic E-state index is 14.1. The van der Waals surface area contributed by atoms with Crippen molar-refractivity contribution in [1.29, 1.82) is 0 Å². The molecule has 2 aromatic carbocycles. The number of nitrogens with zero attached hydrogens (tertiary/aromatic N) is 2. The van der Waals surface area contributed by atoms with Gasteiger partial charge in [-0.1, -0.05) is 45.0 Å². The number of carbonyl (C=O) groups is 3. The molecule has 4 aromatic rings. The summed E-state index contributed by atoms with van der Waals surface area (Å²) in [4.78, 5) is 50.1. The highest BCUT2D eigenvalue weighted by Crippen LogP contribution is 2.34. The first-order valence-corrected chi connectivity index (χ1v) is 13.3. The van der Waals surface area contributed by atoms with Gasteiger partial charge in [0, 0.05) is 29.4 Å². The number of benzene rings is 2. The van der Waals surface area contributed by atoms with Gasteiger partial charge in [0.1, 0.15) is 23.2 Å². The van der Waals surface area contributed by atoms with Crippen LogP contribution in [-0.2, 0) is 4.79 Å². The molecular formula is C30H32FN5O3. The van der Waals surface area contributed by atoms with Gasteiger partial charge in [-0.05, 0) is 48.6 Å². The summed E-state index contributed by atoms with van der Waals surface area (Å²) in [6, 6.07) is 13.2. The van der Waals surface area contributed by atoms with Gasteiger partial charge in [0.2, 0.25) is 5.91 Å². The number of amides is 3. The minimum Gasteiger partial charge on any atom is -0.351 e. The molecule has 2 aliphatic heterocycles. The van der Waals surface area contributed by atoms with Crippen molar-refractivity contribution in [2.75, 3.05) is 13.1 Å². The van der Waals surface area contributed by atoms with Crippen molar-refractivity contribution in [1.82, 2.24) is 25.1 Å². The van der Waals surface area contributed by atoms with E-state index < -0.39 is 23.2 Å². The second kappa shape index (κ2) is 8.97. The summed E-state index contributed by atoms with van der Waals surface area (Å²) in [6.07, 6.45) is 0.711. The molecule has 3 N–H and O–H groups in total. The zero-order valence-corrected chi connectivity index (χ0v) is 22.5. The molecule has 0 radical (unpaired) electrons. The Morgan fingerprint density at radius 1 is 0.949 bits per heavy atom. The van der Waals surface area contributed by atoms with Crippen molar-refractivity contribution in [2.24, 2.45) is 5.41 Å². The molecule has 3 atom stereocenters. The van der Waals surface area contributed by atoms with Crippen LogP contribution in [0.1, 0.15) is 53.7 Å². The lowest BCUT2D eigenvalue weighted by Gasteiger charge is -2.39. The van der Waals surface area contributed by atoms with Crippen LogP contribution in [0.3, 0.4) is 0 Å². The molecule has 0 aliphatic carbocycles. The van der Waals surface area contributed by atoms with E-state index in [1.54, 1.807) is 18.2 Å². The van der Waals surface area contributed by atoms with Crippen LogP contribution in [0.5, 0.6) is 0 Å². The van der Waals surface area contributed by atoms with E-state index in [1.165, 1.54) is 6.07 Å². The zero-order valence-electron chi connectivity index (χ0n) is 22.5. The number of aromatic amines is 2. The lowest BCUT2D eigenvalue weighted by atomic mass is 9.85. The summed E-state index contributed by atoms with van der Waals surface area (Å²) in [5.41, 5.74) is 2.49. The second-order valence-electron chi connectivity index (χ2n) is 11.9. The highest BCUT2D eigenvalue weighted by molar-refractivity contribution is 6.01. The molecule has 202 valence electrons. The summed E-state index contributed by atoms with van der Waals surface area (Å²) >= 11 is 0. The Bertz CT molecular complexity index is 1630. The molecule has 0 unspecified atom stereocenters. The third-order valence-electron chi connectivity index (χ3n) is 8.03. The van der Waals surface area contributed by atoms with Crippen molar-refractivity contribution in [2.45, 2.75) is 52.2 Å². The van der Waals surface area contributed by atoms with Gasteiger partial charge < -0.3 is 25.1 Å². The van der Waals surface area contributed by atoms with E-state index in [0.29, 0.717) is 30.6 Å². The molecule has 39 heavy (non-hydrogen) atoms. The van der Waals surface area contributed by atoms with Crippen LogP contribution in [0.4, 0.5) is 4.39 Å². The van der Waals surface area contributed by atoms with E-state index in [1.807, 2.05) is 61.8 Å². The van der Waals surface area contributed by atoms with Gasteiger partial charge in [-0.3, -0.25) is 14.4 Å². The van der Waals surface area contributed by atoms with Gasteiger partial charge in [0.05, 0.1) is 17.6 Å². The Balaban J connectivity index is 1.17. The summed E-state index contributed by atoms with van der Waals surface area (Å²) in [5.74, 6) is -1.13. The van der Waals surface area contributed by atoms with Crippen molar-refractivity contribution in [3.8, 4) is 0 Å². The Kier molecular flexibility index (Phi) is 5.78. The number of hydrogen-bond donors (Lipinski definition) is 3. The van der Waals surface area contributed by atoms with E-state index in [-0.39, 0.29) is 35.1 Å². The van der Waals surface area contributed by atoms with Crippen molar-refractivity contribution in [3.63, 3.8) is 0 Å². The van der Waals surface area contributed by atoms with Crippen LogP contribution in [-0.4, -0.2) is 68.7 Å². The quantitative estimate of drug-likeness (QED) is 0.366. The van der Waals surface area contributed by atoms with E-state index >= 15 is 0 Å². The lowest BCUT2D eigenvalue weighted by Crippen LogP contribution is -2.59. The number of aromatic nitrogens is 2.